The summed E-state index contributed by atoms with van der Waals surface area (Å²) in [6, 6.07) is 8.29. The van der Waals surface area contributed by atoms with Crippen LogP contribution in [0.3, 0.4) is 0 Å². The van der Waals surface area contributed by atoms with Crippen LogP contribution in [0.4, 0.5) is 0 Å². The van der Waals surface area contributed by atoms with E-state index in [2.05, 4.69) is 34.9 Å². The third kappa shape index (κ3) is 1.31. The maximum absolute atomic E-state index is 4.19. The minimum absolute atomic E-state index is 0.954. The predicted octanol–water partition coefficient (Wildman–Crippen LogP) is 0.464. The number of nitrogens with one attached hydrogen (secondary N) is 1. The Morgan fingerprint density at radius 2 is 2.13 bits per heavy atom. The fraction of sp³-hybridized carbons (Fsp3) is 0. The molecular formula is C13H9N2. The van der Waals surface area contributed by atoms with E-state index in [-0.39, 0.29) is 0 Å². The lowest BCUT2D eigenvalue weighted by atomic mass is 10.1. The highest BCUT2D eigenvalue weighted by Crippen LogP contribution is 2.05. The van der Waals surface area contributed by atoms with Gasteiger partial charge in [0, 0.05) is 5.57 Å². The molecule has 1 aromatic carbocycles. The van der Waals surface area contributed by atoms with E-state index in [1.54, 1.807) is 0 Å². The molecule has 1 aliphatic heterocycles. The van der Waals surface area contributed by atoms with Gasteiger partial charge in [-0.2, -0.15) is 5.10 Å². The third-order valence-electron chi connectivity index (χ3n) is 2.51. The predicted molar refractivity (Wildman–Crippen MR) is 61.1 cm³/mol. The van der Waals surface area contributed by atoms with E-state index in [1.165, 1.54) is 10.4 Å². The van der Waals surface area contributed by atoms with Crippen LogP contribution >= 0.6 is 0 Å². The molecule has 0 saturated carbocycles. The summed E-state index contributed by atoms with van der Waals surface area (Å²) >= 11 is 0. The largest absolute Gasteiger partial charge is 0.276 e. The van der Waals surface area contributed by atoms with Crippen LogP contribution in [0.1, 0.15) is 0 Å². The Morgan fingerprint density at radius 1 is 1.20 bits per heavy atom. The first-order valence-corrected chi connectivity index (χ1v) is 4.85. The van der Waals surface area contributed by atoms with Crippen LogP contribution in [0.15, 0.2) is 47.6 Å². The summed E-state index contributed by atoms with van der Waals surface area (Å²) in [6.07, 6.45) is 11.0. The molecule has 1 heterocycles. The van der Waals surface area contributed by atoms with Gasteiger partial charge in [0.2, 0.25) is 0 Å². The van der Waals surface area contributed by atoms with Crippen molar-refractivity contribution in [3.63, 3.8) is 0 Å². The van der Waals surface area contributed by atoms with E-state index in [1.807, 2.05) is 30.4 Å². The number of nitrogens with zero attached hydrogens (tertiary/aromatic N) is 1. The van der Waals surface area contributed by atoms with E-state index in [0.29, 0.717) is 0 Å². The van der Waals surface area contributed by atoms with E-state index in [4.69, 9.17) is 0 Å². The van der Waals surface area contributed by atoms with E-state index >= 15 is 0 Å². The van der Waals surface area contributed by atoms with Crippen LogP contribution in [0.2, 0.25) is 0 Å². The maximum atomic E-state index is 4.19. The van der Waals surface area contributed by atoms with Crippen molar-refractivity contribution in [2.75, 3.05) is 0 Å². The Balaban J connectivity index is 2.47. The monoisotopic (exact) mass is 193 g/mol. The number of hydrogen-bond donors (Lipinski definition) is 1. The summed E-state index contributed by atoms with van der Waals surface area (Å²) in [6.45, 7) is 0. The van der Waals surface area contributed by atoms with Crippen molar-refractivity contribution in [3.05, 3.63) is 59.1 Å². The van der Waals surface area contributed by atoms with Crippen LogP contribution in [0, 0.1) is 6.20 Å². The van der Waals surface area contributed by atoms with Gasteiger partial charge in [0.1, 0.15) is 0 Å². The molecule has 0 saturated heterocycles. The number of allylic oxidation sites excluding steroid dienone is 3. The Labute approximate surface area is 87.6 Å². The van der Waals surface area contributed by atoms with Gasteiger partial charge in [0.25, 0.3) is 0 Å². The molecule has 71 valence electrons. The van der Waals surface area contributed by atoms with Crippen molar-refractivity contribution in [2.24, 2.45) is 5.10 Å². The van der Waals surface area contributed by atoms with Gasteiger partial charge in [0.05, 0.1) is 11.9 Å². The van der Waals surface area contributed by atoms with Crippen LogP contribution < -0.4 is 15.9 Å². The quantitative estimate of drug-likeness (QED) is 0.636. The minimum Gasteiger partial charge on any atom is -0.276 e. The van der Waals surface area contributed by atoms with E-state index < -0.39 is 0 Å². The topological polar surface area (TPSA) is 24.4 Å². The lowest BCUT2D eigenvalue weighted by Crippen LogP contribution is -2.28. The van der Waals surface area contributed by atoms with Crippen molar-refractivity contribution in [2.45, 2.75) is 0 Å². The highest BCUT2D eigenvalue weighted by molar-refractivity contribution is 6.28. The zero-order valence-corrected chi connectivity index (χ0v) is 8.07. The average molecular weight is 193 g/mol. The number of rotatable bonds is 0. The Bertz CT molecular complexity index is 604. The molecular weight excluding hydrogens is 184 g/mol. The van der Waals surface area contributed by atoms with Crippen LogP contribution in [0.5, 0.6) is 0 Å². The Morgan fingerprint density at radius 3 is 3.13 bits per heavy atom. The number of benzene rings is 1. The summed E-state index contributed by atoms with van der Waals surface area (Å²) in [5.41, 5.74) is 4.81. The molecule has 1 aliphatic carbocycles. The number of hydrogen-bond acceptors (Lipinski definition) is 2. The van der Waals surface area contributed by atoms with Gasteiger partial charge >= 0.3 is 0 Å². The van der Waals surface area contributed by atoms with Crippen LogP contribution in [0.25, 0.3) is 11.6 Å². The number of fused-ring (bicyclic) bond motifs is 2. The first-order chi connectivity index (χ1) is 7.45. The zero-order chi connectivity index (χ0) is 10.1. The van der Waals surface area contributed by atoms with Crippen LogP contribution in [-0.4, -0.2) is 5.71 Å². The fourth-order valence-corrected chi connectivity index (χ4v) is 1.80. The maximum Gasteiger partial charge on any atom is 0.0912 e. The lowest BCUT2D eigenvalue weighted by Gasteiger charge is -2.06. The molecule has 3 rings (SSSR count). The highest BCUT2D eigenvalue weighted by atomic mass is 15.3. The Hall–Kier alpha value is -2.09. The summed E-state index contributed by atoms with van der Waals surface area (Å²) in [4.78, 5) is 0. The first kappa shape index (κ1) is 8.24. The zero-order valence-electron chi connectivity index (χ0n) is 8.07. The molecule has 2 heteroatoms. The molecule has 1 N–H and O–H groups in total. The van der Waals surface area contributed by atoms with Crippen molar-refractivity contribution in [1.29, 1.82) is 0 Å². The molecule has 0 atom stereocenters. The molecule has 0 aromatic heterocycles. The molecule has 1 radical (unpaired) electrons. The van der Waals surface area contributed by atoms with Crippen molar-refractivity contribution in [1.82, 2.24) is 5.43 Å². The molecule has 0 bridgehead atoms. The van der Waals surface area contributed by atoms with Gasteiger partial charge in [-0.3, -0.25) is 5.43 Å². The van der Waals surface area contributed by atoms with Crippen molar-refractivity contribution >= 4 is 17.4 Å². The Kier molecular flexibility index (Phi) is 1.78. The van der Waals surface area contributed by atoms with E-state index in [0.717, 1.165) is 11.3 Å². The lowest BCUT2D eigenvalue weighted by molar-refractivity contribution is 0.933. The fourth-order valence-electron chi connectivity index (χ4n) is 1.80. The standard InChI is InChI=1S/C13H9N2/c1-2-6-11-10(4-1)5-3-7-13-12(11)8-9-14-15-13/h1-8,14H. The van der Waals surface area contributed by atoms with Crippen LogP contribution in [-0.2, 0) is 0 Å². The molecule has 2 aliphatic rings. The summed E-state index contributed by atoms with van der Waals surface area (Å²) in [5, 5.41) is 6.61. The second kappa shape index (κ2) is 3.24. The normalized spacial score (nSPS) is 16.8. The first-order valence-electron chi connectivity index (χ1n) is 4.85. The molecule has 0 fully saturated rings. The SMILES string of the molecule is [C]1=CC2=c3ccccc3=CC=CC2=NN1. The van der Waals surface area contributed by atoms with Gasteiger partial charge in [-0.05, 0) is 22.6 Å². The summed E-state index contributed by atoms with van der Waals surface area (Å²) in [7, 11) is 0. The van der Waals surface area contributed by atoms with Crippen molar-refractivity contribution in [3.8, 4) is 0 Å². The molecule has 1 aromatic rings. The third-order valence-corrected chi connectivity index (χ3v) is 2.51. The van der Waals surface area contributed by atoms with Gasteiger partial charge < -0.3 is 0 Å². The smallest absolute Gasteiger partial charge is 0.0912 e. The molecule has 15 heavy (non-hydrogen) atoms. The van der Waals surface area contributed by atoms with E-state index in [9.17, 15) is 0 Å². The van der Waals surface area contributed by atoms with Crippen molar-refractivity contribution < 1.29 is 0 Å². The molecule has 0 spiro atoms. The average Bonchev–Trinajstić information content (AvgIpc) is 2.48. The van der Waals surface area contributed by atoms with Gasteiger partial charge in [-0.15, -0.1) is 0 Å². The van der Waals surface area contributed by atoms with Gasteiger partial charge in [-0.1, -0.05) is 36.4 Å². The summed E-state index contributed by atoms with van der Waals surface area (Å²) < 4.78 is 0. The second-order valence-corrected chi connectivity index (χ2v) is 3.42. The molecule has 0 unspecified atom stereocenters. The second-order valence-electron chi connectivity index (χ2n) is 3.42. The number of hydrazone groups is 1. The molecule has 0 amide bonds. The van der Waals surface area contributed by atoms with Gasteiger partial charge in [-0.25, -0.2) is 0 Å². The highest BCUT2D eigenvalue weighted by Gasteiger charge is 2.07. The minimum atomic E-state index is 0.954. The van der Waals surface area contributed by atoms with Gasteiger partial charge in [0.15, 0.2) is 0 Å². The summed E-state index contributed by atoms with van der Waals surface area (Å²) in [5.74, 6) is 0. The molecule has 2 nitrogen and oxygen atoms in total.